The molecular formula is C32H47F5O3S. The largest absolute Gasteiger partial charge is 0.508 e. The summed E-state index contributed by atoms with van der Waals surface area (Å²) in [6, 6.07) is 5.92. The topological polar surface area (TPSA) is 57.5 Å². The Kier molecular flexibility index (Phi) is 10.8. The molecule has 0 spiro atoms. The van der Waals surface area contributed by atoms with Crippen LogP contribution in [0.2, 0.25) is 0 Å². The van der Waals surface area contributed by atoms with Crippen LogP contribution in [0, 0.1) is 23.2 Å². The molecule has 4 rings (SSSR count). The van der Waals surface area contributed by atoms with Crippen molar-refractivity contribution in [2.45, 2.75) is 127 Å². The molecule has 1 aromatic rings. The van der Waals surface area contributed by atoms with E-state index in [1.807, 2.05) is 12.1 Å². The van der Waals surface area contributed by atoms with Gasteiger partial charge in [-0.1, -0.05) is 51.5 Å². The quantitative estimate of drug-likeness (QED) is 0.165. The van der Waals surface area contributed by atoms with Gasteiger partial charge in [-0.15, -0.1) is 0 Å². The zero-order valence-electron chi connectivity index (χ0n) is 24.2. The summed E-state index contributed by atoms with van der Waals surface area (Å²) in [5.74, 6) is -1.91. The molecule has 3 aliphatic carbocycles. The van der Waals surface area contributed by atoms with Gasteiger partial charge in [-0.3, -0.25) is 4.21 Å². The van der Waals surface area contributed by atoms with Gasteiger partial charge in [0, 0.05) is 28.7 Å². The Bertz CT molecular complexity index is 1030. The average molecular weight is 607 g/mol. The number of hydrogen-bond acceptors (Lipinski definition) is 3. The van der Waals surface area contributed by atoms with Gasteiger partial charge in [-0.2, -0.15) is 22.0 Å². The van der Waals surface area contributed by atoms with Crippen molar-refractivity contribution < 1.29 is 36.4 Å². The van der Waals surface area contributed by atoms with Gasteiger partial charge in [0.2, 0.25) is 0 Å². The van der Waals surface area contributed by atoms with Crippen molar-refractivity contribution in [2.24, 2.45) is 23.2 Å². The zero-order valence-corrected chi connectivity index (χ0v) is 25.1. The molecule has 3 aliphatic rings. The van der Waals surface area contributed by atoms with E-state index in [-0.39, 0.29) is 17.3 Å². The molecule has 2 saturated carbocycles. The molecule has 2 N–H and O–H groups in total. The summed E-state index contributed by atoms with van der Waals surface area (Å²) < 4.78 is 74.5. The second kappa shape index (κ2) is 13.6. The van der Waals surface area contributed by atoms with Gasteiger partial charge >= 0.3 is 12.1 Å². The normalized spacial score (nSPS) is 30.5. The number of aliphatic hydroxyl groups excluding tert-OH is 1. The van der Waals surface area contributed by atoms with Crippen LogP contribution in [0.4, 0.5) is 22.0 Å². The number of aliphatic hydroxyl groups is 1. The van der Waals surface area contributed by atoms with E-state index in [0.717, 1.165) is 77.0 Å². The smallest absolute Gasteiger partial charge is 0.453 e. The number of phenols is 1. The van der Waals surface area contributed by atoms with E-state index in [9.17, 15) is 36.4 Å². The fourth-order valence-electron chi connectivity index (χ4n) is 8.28. The zero-order chi connectivity index (χ0) is 29.8. The highest BCUT2D eigenvalue weighted by Crippen LogP contribution is 2.62. The molecular weight excluding hydrogens is 559 g/mol. The molecule has 234 valence electrons. The van der Waals surface area contributed by atoms with Crippen LogP contribution in [0.3, 0.4) is 0 Å². The number of hydrogen-bond donors (Lipinski definition) is 2. The number of aromatic hydroxyl groups is 1. The number of halogens is 5. The molecule has 0 unspecified atom stereocenters. The number of phenolic OH excluding ortho intramolecular Hbond substituents is 1. The predicted molar refractivity (Wildman–Crippen MR) is 153 cm³/mol. The van der Waals surface area contributed by atoms with Crippen LogP contribution in [-0.4, -0.2) is 44.1 Å². The van der Waals surface area contributed by atoms with Crippen LogP contribution in [-0.2, 0) is 17.2 Å². The molecule has 0 aliphatic heterocycles. The van der Waals surface area contributed by atoms with Crippen LogP contribution >= 0.6 is 0 Å². The minimum Gasteiger partial charge on any atom is -0.508 e. The Morgan fingerprint density at radius 1 is 0.927 bits per heavy atom. The van der Waals surface area contributed by atoms with Crippen molar-refractivity contribution in [3.05, 3.63) is 29.3 Å². The maximum absolute atomic E-state index is 13.0. The second-order valence-corrected chi connectivity index (χ2v) is 14.9. The van der Waals surface area contributed by atoms with Gasteiger partial charge in [0.1, 0.15) is 5.75 Å². The fourth-order valence-corrected chi connectivity index (χ4v) is 9.48. The fraction of sp³-hybridized carbons (Fsp3) is 0.812. The van der Waals surface area contributed by atoms with E-state index in [0.29, 0.717) is 41.6 Å². The molecule has 0 heterocycles. The monoisotopic (exact) mass is 606 g/mol. The Labute approximate surface area is 244 Å². The number of benzene rings is 1. The molecule has 0 aromatic heterocycles. The predicted octanol–water partition coefficient (Wildman–Crippen LogP) is 8.68. The summed E-state index contributed by atoms with van der Waals surface area (Å²) in [5.41, 5.74) is 2.73. The molecule has 0 bridgehead atoms. The van der Waals surface area contributed by atoms with E-state index in [2.05, 4.69) is 13.0 Å². The van der Waals surface area contributed by atoms with Crippen molar-refractivity contribution in [1.82, 2.24) is 0 Å². The van der Waals surface area contributed by atoms with Gasteiger partial charge < -0.3 is 10.2 Å². The van der Waals surface area contributed by atoms with Gasteiger partial charge in [0.15, 0.2) is 0 Å². The Morgan fingerprint density at radius 2 is 1.59 bits per heavy atom. The van der Waals surface area contributed by atoms with Crippen LogP contribution in [0.1, 0.15) is 114 Å². The third-order valence-corrected chi connectivity index (χ3v) is 12.0. The van der Waals surface area contributed by atoms with Crippen molar-refractivity contribution in [2.75, 3.05) is 11.5 Å². The lowest BCUT2D eigenvalue weighted by molar-refractivity contribution is -0.284. The van der Waals surface area contributed by atoms with E-state index in [4.69, 9.17) is 0 Å². The molecule has 3 nitrogen and oxygen atoms in total. The Morgan fingerprint density at radius 3 is 2.29 bits per heavy atom. The highest BCUT2D eigenvalue weighted by molar-refractivity contribution is 7.84. The second-order valence-electron chi connectivity index (χ2n) is 13.2. The standard InChI is InChI=1S/C32H47F5O3S/c1-30-17-15-26-25-12-11-24(38)21-23(25)20-22(29(26)27(30)13-14-28(30)39)10-7-5-3-2-4-6-8-18-41(40)19-9-16-31(33,34)32(35,36)37/h11-12,21-22,26-29,38-39H,2-10,13-20H2,1H3/t22-,26+,27-,28+,29-,30+,41+/m1/s1. The van der Waals surface area contributed by atoms with Crippen molar-refractivity contribution in [3.8, 4) is 5.75 Å². The molecule has 0 amide bonds. The third kappa shape index (κ3) is 7.66. The van der Waals surface area contributed by atoms with Crippen LogP contribution in [0.15, 0.2) is 18.2 Å². The molecule has 0 saturated heterocycles. The number of fused-ring (bicyclic) bond motifs is 5. The van der Waals surface area contributed by atoms with Crippen LogP contribution < -0.4 is 0 Å². The molecule has 9 heteroatoms. The minimum atomic E-state index is -5.54. The lowest BCUT2D eigenvalue weighted by Crippen LogP contribution is -2.47. The first-order chi connectivity index (χ1) is 19.3. The molecule has 7 atom stereocenters. The number of alkyl halides is 5. The molecule has 2 fully saturated rings. The first-order valence-corrected chi connectivity index (χ1v) is 17.1. The third-order valence-electron chi connectivity index (χ3n) is 10.6. The summed E-state index contributed by atoms with van der Waals surface area (Å²) in [5, 5.41) is 21.0. The van der Waals surface area contributed by atoms with Crippen LogP contribution in [0.5, 0.6) is 5.75 Å². The van der Waals surface area contributed by atoms with E-state index >= 15 is 0 Å². The van der Waals surface area contributed by atoms with Crippen molar-refractivity contribution in [3.63, 3.8) is 0 Å². The van der Waals surface area contributed by atoms with E-state index in [1.165, 1.54) is 11.1 Å². The lowest BCUT2D eigenvalue weighted by Gasteiger charge is -2.53. The van der Waals surface area contributed by atoms with Crippen molar-refractivity contribution >= 4 is 10.8 Å². The highest BCUT2D eigenvalue weighted by atomic mass is 32.2. The van der Waals surface area contributed by atoms with E-state index < -0.39 is 35.7 Å². The van der Waals surface area contributed by atoms with Gasteiger partial charge in [0.25, 0.3) is 0 Å². The summed E-state index contributed by atoms with van der Waals surface area (Å²) in [6.45, 7) is 2.30. The first-order valence-electron chi connectivity index (χ1n) is 15.6. The Balaban J connectivity index is 1.15. The van der Waals surface area contributed by atoms with Gasteiger partial charge in [-0.05, 0) is 104 Å². The summed E-state index contributed by atoms with van der Waals surface area (Å²) in [6.07, 6.45) is 5.97. The SMILES string of the molecule is C[C@]12CC[C@H]3c4ccc(O)cc4C[C@@H](CCCCCCCCC[S@](=O)CCCC(F)(F)C(F)(F)F)[C@H]3[C@H]1CC[C@@H]2O. The summed E-state index contributed by atoms with van der Waals surface area (Å²) >= 11 is 0. The van der Waals surface area contributed by atoms with Crippen LogP contribution in [0.25, 0.3) is 0 Å². The van der Waals surface area contributed by atoms with Crippen molar-refractivity contribution in [1.29, 1.82) is 0 Å². The highest BCUT2D eigenvalue weighted by Gasteiger charge is 2.57. The minimum absolute atomic E-state index is 0.0195. The van der Waals surface area contributed by atoms with Gasteiger partial charge in [-0.25, -0.2) is 0 Å². The number of unbranched alkanes of at least 4 members (excludes halogenated alkanes) is 6. The first kappa shape index (κ1) is 32.7. The maximum Gasteiger partial charge on any atom is 0.453 e. The molecule has 41 heavy (non-hydrogen) atoms. The molecule has 1 aromatic carbocycles. The Hall–Kier alpha value is -1.22. The van der Waals surface area contributed by atoms with E-state index in [1.54, 1.807) is 0 Å². The average Bonchev–Trinajstić information content (AvgIpc) is 3.20. The lowest BCUT2D eigenvalue weighted by atomic mass is 9.52. The number of rotatable bonds is 14. The summed E-state index contributed by atoms with van der Waals surface area (Å²) in [4.78, 5) is 0. The maximum atomic E-state index is 13.0. The molecule has 0 radical (unpaired) electrons. The summed E-state index contributed by atoms with van der Waals surface area (Å²) in [7, 11) is -1.35. The van der Waals surface area contributed by atoms with Gasteiger partial charge in [0.05, 0.1) is 6.10 Å².